The predicted molar refractivity (Wildman–Crippen MR) is 87.5 cm³/mol. The monoisotopic (exact) mass is 311 g/mol. The summed E-state index contributed by atoms with van der Waals surface area (Å²) >= 11 is 0. The highest BCUT2D eigenvalue weighted by molar-refractivity contribution is 5.94. The number of aryl methyl sites for hydroxylation is 1. The van der Waals surface area contributed by atoms with Crippen molar-refractivity contribution in [1.82, 2.24) is 9.78 Å². The standard InChI is InChI=1S/C18H21N3O2/c1-13-12-21(14-5-3-2-4-6-14)20-16(13)19-17(22)15-11-18(15)7-9-23-10-8-18/h2-6,12,15H,7-11H2,1H3,(H,19,20,22). The highest BCUT2D eigenvalue weighted by Crippen LogP contribution is 2.59. The van der Waals surface area contributed by atoms with Gasteiger partial charge in [-0.1, -0.05) is 18.2 Å². The molecule has 2 aromatic rings. The van der Waals surface area contributed by atoms with Crippen molar-refractivity contribution < 1.29 is 9.53 Å². The van der Waals surface area contributed by atoms with E-state index in [9.17, 15) is 4.79 Å². The minimum absolute atomic E-state index is 0.105. The maximum Gasteiger partial charge on any atom is 0.229 e. The smallest absolute Gasteiger partial charge is 0.229 e. The van der Waals surface area contributed by atoms with E-state index >= 15 is 0 Å². The van der Waals surface area contributed by atoms with Crippen molar-refractivity contribution >= 4 is 11.7 Å². The van der Waals surface area contributed by atoms with E-state index in [4.69, 9.17) is 4.74 Å². The normalized spacial score (nSPS) is 22.0. The van der Waals surface area contributed by atoms with E-state index in [1.54, 1.807) is 0 Å². The SMILES string of the molecule is Cc1cn(-c2ccccc2)nc1NC(=O)C1CC12CCOCC2. The third-order valence-electron chi connectivity index (χ3n) is 5.15. The Hall–Kier alpha value is -2.14. The number of aromatic nitrogens is 2. The summed E-state index contributed by atoms with van der Waals surface area (Å²) in [5.41, 5.74) is 2.16. The molecule has 1 aliphatic heterocycles. The molecule has 1 atom stereocenters. The largest absolute Gasteiger partial charge is 0.381 e. The Balaban J connectivity index is 1.47. The number of hydrogen-bond acceptors (Lipinski definition) is 3. The van der Waals surface area contributed by atoms with Crippen LogP contribution in [-0.4, -0.2) is 28.9 Å². The summed E-state index contributed by atoms with van der Waals surface area (Å²) < 4.78 is 7.22. The molecule has 0 radical (unpaired) electrons. The minimum atomic E-state index is 0.105. The number of rotatable bonds is 3. The maximum atomic E-state index is 12.5. The molecule has 23 heavy (non-hydrogen) atoms. The van der Waals surface area contributed by atoms with Crippen LogP contribution in [0, 0.1) is 18.3 Å². The zero-order valence-corrected chi connectivity index (χ0v) is 13.3. The lowest BCUT2D eigenvalue weighted by atomic mass is 9.93. The molecule has 2 aliphatic rings. The lowest BCUT2D eigenvalue weighted by Gasteiger charge is -2.22. The molecule has 120 valence electrons. The van der Waals surface area contributed by atoms with Crippen LogP contribution in [0.25, 0.3) is 5.69 Å². The van der Waals surface area contributed by atoms with Crippen molar-refractivity contribution in [1.29, 1.82) is 0 Å². The molecule has 1 saturated heterocycles. The molecule has 1 amide bonds. The Morgan fingerprint density at radius 3 is 2.78 bits per heavy atom. The van der Waals surface area contributed by atoms with Crippen molar-refractivity contribution in [3.05, 3.63) is 42.1 Å². The summed E-state index contributed by atoms with van der Waals surface area (Å²) in [5.74, 6) is 0.883. The van der Waals surface area contributed by atoms with Crippen LogP contribution < -0.4 is 5.32 Å². The van der Waals surface area contributed by atoms with Gasteiger partial charge in [0.05, 0.1) is 5.69 Å². The Labute approximate surface area is 135 Å². The fraction of sp³-hybridized carbons (Fsp3) is 0.444. The highest BCUT2D eigenvalue weighted by Gasteiger charge is 2.58. The van der Waals surface area contributed by atoms with Gasteiger partial charge in [0, 0.05) is 30.9 Å². The fourth-order valence-electron chi connectivity index (χ4n) is 3.55. The minimum Gasteiger partial charge on any atom is -0.381 e. The molecule has 5 nitrogen and oxygen atoms in total. The second-order valence-electron chi connectivity index (χ2n) is 6.66. The van der Waals surface area contributed by atoms with Gasteiger partial charge in [-0.25, -0.2) is 4.68 Å². The van der Waals surface area contributed by atoms with Crippen molar-refractivity contribution in [3.8, 4) is 5.69 Å². The fourth-order valence-corrected chi connectivity index (χ4v) is 3.55. The van der Waals surface area contributed by atoms with Gasteiger partial charge in [-0.15, -0.1) is 5.10 Å². The van der Waals surface area contributed by atoms with Crippen LogP contribution in [0.5, 0.6) is 0 Å². The first kappa shape index (κ1) is 14.5. The second-order valence-corrected chi connectivity index (χ2v) is 6.66. The average molecular weight is 311 g/mol. The first-order valence-electron chi connectivity index (χ1n) is 8.18. The molecule has 0 bridgehead atoms. The molecule has 5 heteroatoms. The Morgan fingerprint density at radius 1 is 1.30 bits per heavy atom. The summed E-state index contributed by atoms with van der Waals surface area (Å²) in [5, 5.41) is 7.55. The van der Waals surface area contributed by atoms with Crippen LogP contribution in [0.4, 0.5) is 5.82 Å². The van der Waals surface area contributed by atoms with Crippen LogP contribution in [0.2, 0.25) is 0 Å². The number of nitrogens with one attached hydrogen (secondary N) is 1. The molecule has 1 saturated carbocycles. The van der Waals surface area contributed by atoms with E-state index in [2.05, 4.69) is 10.4 Å². The van der Waals surface area contributed by atoms with E-state index in [0.717, 1.165) is 43.7 Å². The lowest BCUT2D eigenvalue weighted by molar-refractivity contribution is -0.118. The summed E-state index contributed by atoms with van der Waals surface area (Å²) in [7, 11) is 0. The Bertz CT molecular complexity index is 717. The summed E-state index contributed by atoms with van der Waals surface area (Å²) in [6.45, 7) is 3.54. The van der Waals surface area contributed by atoms with Crippen molar-refractivity contribution in [3.63, 3.8) is 0 Å². The van der Waals surface area contributed by atoms with Gasteiger partial charge >= 0.3 is 0 Å². The van der Waals surface area contributed by atoms with Gasteiger partial charge in [-0.3, -0.25) is 4.79 Å². The number of para-hydroxylation sites is 1. The van der Waals surface area contributed by atoms with Crippen molar-refractivity contribution in [2.75, 3.05) is 18.5 Å². The van der Waals surface area contributed by atoms with Crippen LogP contribution in [0.15, 0.2) is 36.5 Å². The quantitative estimate of drug-likeness (QED) is 0.948. The van der Waals surface area contributed by atoms with Gasteiger partial charge in [-0.2, -0.15) is 0 Å². The molecule has 1 aromatic heterocycles. The number of carbonyl (C=O) groups excluding carboxylic acids is 1. The molecule has 1 spiro atoms. The number of amides is 1. The van der Waals surface area contributed by atoms with E-state index in [0.29, 0.717) is 5.82 Å². The molecule has 1 unspecified atom stereocenters. The van der Waals surface area contributed by atoms with Crippen LogP contribution >= 0.6 is 0 Å². The molecule has 1 aliphatic carbocycles. The van der Waals surface area contributed by atoms with Crippen molar-refractivity contribution in [2.45, 2.75) is 26.2 Å². The molecule has 2 heterocycles. The van der Waals surface area contributed by atoms with Crippen molar-refractivity contribution in [2.24, 2.45) is 11.3 Å². The first-order valence-corrected chi connectivity index (χ1v) is 8.18. The summed E-state index contributed by atoms with van der Waals surface area (Å²) in [6.07, 6.45) is 4.94. The molecular formula is C18H21N3O2. The first-order chi connectivity index (χ1) is 11.2. The summed E-state index contributed by atoms with van der Waals surface area (Å²) in [4.78, 5) is 12.5. The van der Waals surface area contributed by atoms with Gasteiger partial charge in [0.25, 0.3) is 0 Å². The van der Waals surface area contributed by atoms with Gasteiger partial charge in [0.2, 0.25) is 5.91 Å². The third kappa shape index (κ3) is 2.65. The maximum absolute atomic E-state index is 12.5. The number of carbonyl (C=O) groups is 1. The molecule has 2 fully saturated rings. The molecule has 4 rings (SSSR count). The van der Waals surface area contributed by atoms with E-state index < -0.39 is 0 Å². The number of nitrogens with zero attached hydrogens (tertiary/aromatic N) is 2. The zero-order chi connectivity index (χ0) is 15.9. The van der Waals surface area contributed by atoms with Gasteiger partial charge in [0.1, 0.15) is 0 Å². The number of hydrogen-bond donors (Lipinski definition) is 1. The Kier molecular flexibility index (Phi) is 3.45. The van der Waals surface area contributed by atoms with Crippen LogP contribution in [-0.2, 0) is 9.53 Å². The number of anilines is 1. The summed E-state index contributed by atoms with van der Waals surface area (Å²) in [6, 6.07) is 9.92. The van der Waals surface area contributed by atoms with E-state index in [1.807, 2.05) is 48.1 Å². The number of benzene rings is 1. The molecule has 1 aromatic carbocycles. The van der Waals surface area contributed by atoms with E-state index in [1.165, 1.54) is 0 Å². The van der Waals surface area contributed by atoms with Gasteiger partial charge in [0.15, 0.2) is 5.82 Å². The van der Waals surface area contributed by atoms with Gasteiger partial charge < -0.3 is 10.1 Å². The predicted octanol–water partition coefficient (Wildman–Crippen LogP) is 2.94. The topological polar surface area (TPSA) is 56.2 Å². The Morgan fingerprint density at radius 2 is 2.04 bits per heavy atom. The molecule has 1 N–H and O–H groups in total. The number of ether oxygens (including phenoxy) is 1. The average Bonchev–Trinajstić information content (AvgIpc) is 3.14. The van der Waals surface area contributed by atoms with Gasteiger partial charge in [-0.05, 0) is 43.7 Å². The van der Waals surface area contributed by atoms with E-state index in [-0.39, 0.29) is 17.2 Å². The molecular weight excluding hydrogens is 290 g/mol. The third-order valence-corrected chi connectivity index (χ3v) is 5.15. The zero-order valence-electron chi connectivity index (χ0n) is 13.3. The lowest BCUT2D eigenvalue weighted by Crippen LogP contribution is -2.24. The van der Waals surface area contributed by atoms with Crippen LogP contribution in [0.3, 0.4) is 0 Å². The second kappa shape index (κ2) is 5.49. The van der Waals surface area contributed by atoms with Crippen LogP contribution in [0.1, 0.15) is 24.8 Å². The highest BCUT2D eigenvalue weighted by atomic mass is 16.5.